The molecule has 0 aliphatic carbocycles. The molecule has 130 valence electrons. The number of rotatable bonds is 7. The molecule has 1 aromatic carbocycles. The zero-order chi connectivity index (χ0) is 17.7. The number of carbonyl (C=O) groups is 3. The molecule has 1 aliphatic rings. The van der Waals surface area contributed by atoms with Crippen LogP contribution in [0.3, 0.4) is 0 Å². The number of hydrogen-bond acceptors (Lipinski definition) is 4. The first-order chi connectivity index (χ1) is 11.4. The van der Waals surface area contributed by atoms with Crippen molar-refractivity contribution in [2.24, 2.45) is 0 Å². The monoisotopic (exact) mass is 332 g/mol. The molecule has 0 aromatic heterocycles. The zero-order valence-corrected chi connectivity index (χ0v) is 14.4. The van der Waals surface area contributed by atoms with E-state index in [1.165, 1.54) is 9.80 Å². The lowest BCUT2D eigenvalue weighted by molar-refractivity contribution is -0.125. The molecule has 1 saturated heterocycles. The molecule has 1 aromatic rings. The van der Waals surface area contributed by atoms with E-state index in [1.54, 1.807) is 7.05 Å². The lowest BCUT2D eigenvalue weighted by Gasteiger charge is -2.14. The van der Waals surface area contributed by atoms with E-state index in [2.05, 4.69) is 10.2 Å². The number of urea groups is 1. The summed E-state index contributed by atoms with van der Waals surface area (Å²) in [5.41, 5.74) is 1.88. The van der Waals surface area contributed by atoms with Crippen LogP contribution in [0.1, 0.15) is 18.4 Å². The maximum Gasteiger partial charge on any atom is 0.326 e. The Morgan fingerprint density at radius 3 is 2.67 bits per heavy atom. The molecule has 1 fully saturated rings. The molecular formula is C17H24N4O3. The van der Waals surface area contributed by atoms with Crippen LogP contribution in [0.25, 0.3) is 0 Å². The summed E-state index contributed by atoms with van der Waals surface area (Å²) in [6, 6.07) is 7.42. The highest BCUT2D eigenvalue weighted by Crippen LogP contribution is 2.13. The van der Waals surface area contributed by atoms with Gasteiger partial charge in [0, 0.05) is 32.2 Å². The number of nitrogens with zero attached hydrogens (tertiary/aromatic N) is 3. The van der Waals surface area contributed by atoms with Gasteiger partial charge in [0.15, 0.2) is 0 Å². The van der Waals surface area contributed by atoms with Gasteiger partial charge in [0.1, 0.15) is 6.54 Å². The SMILES string of the molecule is CN(C)Cc1cccc(NC(=O)CCCN2C(=O)CN(C)C2=O)c1. The van der Waals surface area contributed by atoms with Crippen molar-refractivity contribution in [3.8, 4) is 0 Å². The fraction of sp³-hybridized carbons (Fsp3) is 0.471. The predicted octanol–water partition coefficient (Wildman–Crippen LogP) is 1.36. The van der Waals surface area contributed by atoms with Gasteiger partial charge in [0.05, 0.1) is 0 Å². The Kier molecular flexibility index (Phi) is 5.92. The maximum absolute atomic E-state index is 12.0. The maximum atomic E-state index is 12.0. The minimum atomic E-state index is -0.295. The van der Waals surface area contributed by atoms with Crippen LogP contribution < -0.4 is 5.32 Å². The molecule has 0 bridgehead atoms. The van der Waals surface area contributed by atoms with Crippen LogP contribution in [0.5, 0.6) is 0 Å². The van der Waals surface area contributed by atoms with Gasteiger partial charge in [-0.1, -0.05) is 12.1 Å². The van der Waals surface area contributed by atoms with E-state index in [4.69, 9.17) is 0 Å². The number of benzene rings is 1. The molecule has 7 heteroatoms. The van der Waals surface area contributed by atoms with E-state index in [0.717, 1.165) is 17.8 Å². The lowest BCUT2D eigenvalue weighted by Crippen LogP contribution is -2.32. The third-order valence-electron chi connectivity index (χ3n) is 3.73. The van der Waals surface area contributed by atoms with Crippen LogP contribution in [0.2, 0.25) is 0 Å². The fourth-order valence-corrected chi connectivity index (χ4v) is 2.62. The van der Waals surface area contributed by atoms with E-state index >= 15 is 0 Å². The van der Waals surface area contributed by atoms with Crippen molar-refractivity contribution in [2.45, 2.75) is 19.4 Å². The van der Waals surface area contributed by atoms with E-state index < -0.39 is 0 Å². The van der Waals surface area contributed by atoms with E-state index in [9.17, 15) is 14.4 Å². The Bertz CT molecular complexity index is 630. The van der Waals surface area contributed by atoms with Crippen molar-refractivity contribution >= 4 is 23.5 Å². The Balaban J connectivity index is 1.79. The minimum Gasteiger partial charge on any atom is -0.326 e. The van der Waals surface area contributed by atoms with Crippen LogP contribution >= 0.6 is 0 Å². The number of likely N-dealkylation sites (N-methyl/N-ethyl adjacent to an activating group) is 1. The molecule has 2 rings (SSSR count). The first kappa shape index (κ1) is 17.9. The number of amides is 4. The summed E-state index contributed by atoms with van der Waals surface area (Å²) in [6.45, 7) is 1.19. The highest BCUT2D eigenvalue weighted by molar-refractivity contribution is 6.01. The van der Waals surface area contributed by atoms with E-state index in [-0.39, 0.29) is 37.4 Å². The lowest BCUT2D eigenvalue weighted by atomic mass is 10.2. The van der Waals surface area contributed by atoms with Crippen LogP contribution in [0.15, 0.2) is 24.3 Å². The van der Waals surface area contributed by atoms with Crippen molar-refractivity contribution in [3.63, 3.8) is 0 Å². The predicted molar refractivity (Wildman–Crippen MR) is 91.4 cm³/mol. The molecule has 0 radical (unpaired) electrons. The first-order valence-corrected chi connectivity index (χ1v) is 7.96. The van der Waals surface area contributed by atoms with Crippen molar-refractivity contribution in [3.05, 3.63) is 29.8 Å². The molecule has 0 unspecified atom stereocenters. The molecule has 24 heavy (non-hydrogen) atoms. The van der Waals surface area contributed by atoms with Gasteiger partial charge in [-0.3, -0.25) is 14.5 Å². The largest absolute Gasteiger partial charge is 0.326 e. The van der Waals surface area contributed by atoms with Crippen LogP contribution in [-0.4, -0.2) is 66.8 Å². The molecule has 7 nitrogen and oxygen atoms in total. The Morgan fingerprint density at radius 1 is 1.29 bits per heavy atom. The van der Waals surface area contributed by atoms with Crippen molar-refractivity contribution in [2.75, 3.05) is 39.5 Å². The first-order valence-electron chi connectivity index (χ1n) is 7.96. The molecule has 4 amide bonds. The minimum absolute atomic E-state index is 0.115. The topological polar surface area (TPSA) is 73.0 Å². The van der Waals surface area contributed by atoms with Crippen LogP contribution in [-0.2, 0) is 16.1 Å². The molecule has 1 aliphatic heterocycles. The quantitative estimate of drug-likeness (QED) is 0.765. The number of nitrogens with one attached hydrogen (secondary N) is 1. The molecule has 0 spiro atoms. The molecule has 0 saturated carbocycles. The summed E-state index contributed by atoms with van der Waals surface area (Å²) < 4.78 is 0. The summed E-state index contributed by atoms with van der Waals surface area (Å²) in [5, 5.41) is 2.86. The van der Waals surface area contributed by atoms with Gasteiger partial charge in [-0.2, -0.15) is 0 Å². The normalized spacial score (nSPS) is 14.7. The van der Waals surface area contributed by atoms with Gasteiger partial charge in [-0.05, 0) is 38.2 Å². The second-order valence-corrected chi connectivity index (χ2v) is 6.27. The van der Waals surface area contributed by atoms with E-state index in [1.807, 2.05) is 38.4 Å². The average molecular weight is 332 g/mol. The second-order valence-electron chi connectivity index (χ2n) is 6.27. The van der Waals surface area contributed by atoms with Gasteiger partial charge in [-0.25, -0.2) is 4.79 Å². The summed E-state index contributed by atoms with van der Waals surface area (Å²) in [5.74, 6) is -0.330. The fourth-order valence-electron chi connectivity index (χ4n) is 2.62. The summed E-state index contributed by atoms with van der Waals surface area (Å²) >= 11 is 0. The highest BCUT2D eigenvalue weighted by atomic mass is 16.2. The molecule has 1 N–H and O–H groups in total. The second kappa shape index (κ2) is 7.92. The zero-order valence-electron chi connectivity index (χ0n) is 14.4. The number of imide groups is 1. The van der Waals surface area contributed by atoms with Crippen molar-refractivity contribution < 1.29 is 14.4 Å². The van der Waals surface area contributed by atoms with Crippen LogP contribution in [0, 0.1) is 0 Å². The number of hydrogen-bond donors (Lipinski definition) is 1. The Labute approximate surface area is 142 Å². The van der Waals surface area contributed by atoms with Gasteiger partial charge in [-0.15, -0.1) is 0 Å². The smallest absolute Gasteiger partial charge is 0.326 e. The average Bonchev–Trinajstić information content (AvgIpc) is 2.73. The molecular weight excluding hydrogens is 308 g/mol. The number of carbonyl (C=O) groups excluding carboxylic acids is 3. The van der Waals surface area contributed by atoms with Crippen LogP contribution in [0.4, 0.5) is 10.5 Å². The van der Waals surface area contributed by atoms with Crippen molar-refractivity contribution in [1.82, 2.24) is 14.7 Å². The van der Waals surface area contributed by atoms with Crippen molar-refractivity contribution in [1.29, 1.82) is 0 Å². The van der Waals surface area contributed by atoms with Gasteiger partial charge in [0.2, 0.25) is 11.8 Å². The Morgan fingerprint density at radius 2 is 2.04 bits per heavy atom. The summed E-state index contributed by atoms with van der Waals surface area (Å²) in [4.78, 5) is 40.0. The van der Waals surface area contributed by atoms with Gasteiger partial charge >= 0.3 is 6.03 Å². The third kappa shape index (κ3) is 4.79. The molecule has 1 heterocycles. The van der Waals surface area contributed by atoms with Gasteiger partial charge in [0.25, 0.3) is 0 Å². The third-order valence-corrected chi connectivity index (χ3v) is 3.73. The van der Waals surface area contributed by atoms with E-state index in [0.29, 0.717) is 6.42 Å². The Hall–Kier alpha value is -2.41. The number of anilines is 1. The van der Waals surface area contributed by atoms with Gasteiger partial charge < -0.3 is 15.1 Å². The highest BCUT2D eigenvalue weighted by Gasteiger charge is 2.32. The summed E-state index contributed by atoms with van der Waals surface area (Å²) in [6.07, 6.45) is 0.716. The molecule has 0 atom stereocenters. The standard InChI is InChI=1S/C17H24N4O3/c1-19(2)11-13-6-4-7-14(10-13)18-15(22)8-5-9-21-16(23)12-20(3)17(21)24/h4,6-7,10H,5,8-9,11-12H2,1-3H3,(H,18,22). The summed E-state index contributed by atoms with van der Waals surface area (Å²) in [7, 11) is 5.57.